The molecule has 2 rings (SSSR count). The van der Waals surface area contributed by atoms with Gasteiger partial charge >= 0.3 is 6.03 Å². The van der Waals surface area contributed by atoms with Gasteiger partial charge in [-0.1, -0.05) is 61.5 Å². The maximum atomic E-state index is 12.5. The summed E-state index contributed by atoms with van der Waals surface area (Å²) in [6.45, 7) is 3.72. The SMILES string of the molecule is CCCN(Cc1ccccc1)C(=O)NCc1ccc(CS(C)(=O)=O)cc1. The van der Waals surface area contributed by atoms with E-state index in [1.807, 2.05) is 49.4 Å². The van der Waals surface area contributed by atoms with Crippen molar-refractivity contribution in [2.24, 2.45) is 0 Å². The van der Waals surface area contributed by atoms with Crippen molar-refractivity contribution in [3.8, 4) is 0 Å². The van der Waals surface area contributed by atoms with Gasteiger partial charge in [0.2, 0.25) is 0 Å². The largest absolute Gasteiger partial charge is 0.334 e. The lowest BCUT2D eigenvalue weighted by Gasteiger charge is -2.22. The molecule has 5 nitrogen and oxygen atoms in total. The predicted octanol–water partition coefficient (Wildman–Crippen LogP) is 3.35. The number of hydrogen-bond acceptors (Lipinski definition) is 3. The first-order valence-corrected chi connectivity index (χ1v) is 10.8. The average molecular weight is 375 g/mol. The van der Waals surface area contributed by atoms with Crippen molar-refractivity contribution in [1.82, 2.24) is 10.2 Å². The maximum Gasteiger partial charge on any atom is 0.317 e. The minimum Gasteiger partial charge on any atom is -0.334 e. The van der Waals surface area contributed by atoms with Gasteiger partial charge < -0.3 is 10.2 Å². The molecule has 26 heavy (non-hydrogen) atoms. The first-order chi connectivity index (χ1) is 12.4. The second kappa shape index (κ2) is 9.38. The number of benzene rings is 2. The molecule has 0 radical (unpaired) electrons. The Labute approximate surface area is 156 Å². The zero-order chi connectivity index (χ0) is 19.0. The minimum absolute atomic E-state index is 0.0288. The third kappa shape index (κ3) is 6.88. The monoisotopic (exact) mass is 374 g/mol. The molecule has 0 saturated carbocycles. The topological polar surface area (TPSA) is 66.5 Å². The van der Waals surface area contributed by atoms with Crippen LogP contribution in [0.2, 0.25) is 0 Å². The van der Waals surface area contributed by atoms with Crippen molar-refractivity contribution in [1.29, 1.82) is 0 Å². The molecule has 0 aliphatic heterocycles. The molecule has 2 aromatic rings. The van der Waals surface area contributed by atoms with Crippen molar-refractivity contribution in [3.05, 3.63) is 71.3 Å². The fourth-order valence-electron chi connectivity index (χ4n) is 2.67. The van der Waals surface area contributed by atoms with Gasteiger partial charge in [0, 0.05) is 25.9 Å². The maximum absolute atomic E-state index is 12.5. The van der Waals surface area contributed by atoms with Crippen LogP contribution in [0.15, 0.2) is 54.6 Å². The summed E-state index contributed by atoms with van der Waals surface area (Å²) in [6, 6.07) is 17.1. The van der Waals surface area contributed by atoms with E-state index < -0.39 is 9.84 Å². The Balaban J connectivity index is 1.92. The van der Waals surface area contributed by atoms with Crippen LogP contribution in [-0.4, -0.2) is 32.1 Å². The number of sulfone groups is 1. The first-order valence-electron chi connectivity index (χ1n) is 8.69. The van der Waals surface area contributed by atoms with Crippen LogP contribution in [0.25, 0.3) is 0 Å². The van der Waals surface area contributed by atoms with Gasteiger partial charge in [-0.05, 0) is 23.1 Å². The van der Waals surface area contributed by atoms with E-state index in [4.69, 9.17) is 0 Å². The summed E-state index contributed by atoms with van der Waals surface area (Å²) < 4.78 is 22.6. The number of carbonyl (C=O) groups excluding carboxylic acids is 1. The zero-order valence-corrected chi connectivity index (χ0v) is 16.1. The van der Waals surface area contributed by atoms with E-state index in [2.05, 4.69) is 5.32 Å². The smallest absolute Gasteiger partial charge is 0.317 e. The van der Waals surface area contributed by atoms with Crippen molar-refractivity contribution >= 4 is 15.9 Å². The van der Waals surface area contributed by atoms with E-state index in [0.717, 1.165) is 23.1 Å². The minimum atomic E-state index is -3.04. The molecule has 0 fully saturated rings. The summed E-state index contributed by atoms with van der Waals surface area (Å²) in [7, 11) is -3.04. The second-order valence-electron chi connectivity index (χ2n) is 6.45. The lowest BCUT2D eigenvalue weighted by atomic mass is 10.1. The molecule has 1 N–H and O–H groups in total. The number of amides is 2. The summed E-state index contributed by atoms with van der Waals surface area (Å²) in [5.41, 5.74) is 2.78. The third-order valence-electron chi connectivity index (χ3n) is 3.89. The normalized spacial score (nSPS) is 11.2. The zero-order valence-electron chi connectivity index (χ0n) is 15.3. The van der Waals surface area contributed by atoms with Crippen LogP contribution in [0.3, 0.4) is 0 Å². The summed E-state index contributed by atoms with van der Waals surface area (Å²) in [5, 5.41) is 2.94. The molecule has 0 heterocycles. The Morgan fingerprint density at radius 3 is 2.15 bits per heavy atom. The van der Waals surface area contributed by atoms with Crippen LogP contribution in [0.1, 0.15) is 30.0 Å². The van der Waals surface area contributed by atoms with Gasteiger partial charge in [-0.15, -0.1) is 0 Å². The number of carbonyl (C=O) groups is 1. The highest BCUT2D eigenvalue weighted by atomic mass is 32.2. The summed E-state index contributed by atoms with van der Waals surface area (Å²) >= 11 is 0. The molecule has 0 bridgehead atoms. The Morgan fingerprint density at radius 2 is 1.58 bits per heavy atom. The number of urea groups is 1. The van der Waals surface area contributed by atoms with E-state index in [9.17, 15) is 13.2 Å². The fourth-order valence-corrected chi connectivity index (χ4v) is 3.47. The van der Waals surface area contributed by atoms with E-state index in [1.54, 1.807) is 17.0 Å². The highest BCUT2D eigenvalue weighted by Crippen LogP contribution is 2.09. The third-order valence-corrected chi connectivity index (χ3v) is 4.75. The van der Waals surface area contributed by atoms with Crippen LogP contribution in [-0.2, 0) is 28.7 Å². The number of nitrogens with zero attached hydrogens (tertiary/aromatic N) is 1. The quantitative estimate of drug-likeness (QED) is 0.770. The summed E-state index contributed by atoms with van der Waals surface area (Å²) in [4.78, 5) is 14.3. The van der Waals surface area contributed by atoms with E-state index in [-0.39, 0.29) is 11.8 Å². The van der Waals surface area contributed by atoms with Crippen molar-refractivity contribution < 1.29 is 13.2 Å². The van der Waals surface area contributed by atoms with Gasteiger partial charge in [0.15, 0.2) is 9.84 Å². The number of hydrogen-bond donors (Lipinski definition) is 1. The molecule has 0 spiro atoms. The average Bonchev–Trinajstić information content (AvgIpc) is 2.60. The lowest BCUT2D eigenvalue weighted by molar-refractivity contribution is 0.194. The van der Waals surface area contributed by atoms with Crippen molar-refractivity contribution in [3.63, 3.8) is 0 Å². The van der Waals surface area contributed by atoms with Crippen molar-refractivity contribution in [2.45, 2.75) is 32.2 Å². The molecule has 6 heteroatoms. The van der Waals surface area contributed by atoms with E-state index in [1.165, 1.54) is 6.26 Å². The Hall–Kier alpha value is -2.34. The molecule has 0 unspecified atom stereocenters. The molecule has 0 aliphatic rings. The second-order valence-corrected chi connectivity index (χ2v) is 8.59. The molecule has 0 saturated heterocycles. The van der Waals surface area contributed by atoms with Crippen molar-refractivity contribution in [2.75, 3.05) is 12.8 Å². The summed E-state index contributed by atoms with van der Waals surface area (Å²) in [5.74, 6) is 0.0288. The van der Waals surface area contributed by atoms with Gasteiger partial charge in [0.25, 0.3) is 0 Å². The van der Waals surface area contributed by atoms with E-state index >= 15 is 0 Å². The predicted molar refractivity (Wildman–Crippen MR) is 104 cm³/mol. The van der Waals surface area contributed by atoms with Crippen LogP contribution in [0.5, 0.6) is 0 Å². The van der Waals surface area contributed by atoms with Crippen LogP contribution >= 0.6 is 0 Å². The fraction of sp³-hybridized carbons (Fsp3) is 0.350. The molecule has 2 amide bonds. The highest BCUT2D eigenvalue weighted by molar-refractivity contribution is 7.89. The molecule has 140 valence electrons. The standard InChI is InChI=1S/C20H26N2O3S/c1-3-13-22(15-18-7-5-4-6-8-18)20(23)21-14-17-9-11-19(12-10-17)16-26(2,24)25/h4-12H,3,13-16H2,1-2H3,(H,21,23). The van der Waals surface area contributed by atoms with Crippen LogP contribution < -0.4 is 5.32 Å². The molecule has 0 aliphatic carbocycles. The molecular weight excluding hydrogens is 348 g/mol. The van der Waals surface area contributed by atoms with Gasteiger partial charge in [-0.25, -0.2) is 13.2 Å². The Bertz CT molecular complexity index is 803. The van der Waals surface area contributed by atoms with Gasteiger partial charge in [0.05, 0.1) is 5.75 Å². The Kier molecular flexibility index (Phi) is 7.21. The van der Waals surface area contributed by atoms with Crippen LogP contribution in [0.4, 0.5) is 4.79 Å². The lowest BCUT2D eigenvalue weighted by Crippen LogP contribution is -2.39. The van der Waals surface area contributed by atoms with Gasteiger partial charge in [-0.3, -0.25) is 0 Å². The van der Waals surface area contributed by atoms with E-state index in [0.29, 0.717) is 19.6 Å². The van der Waals surface area contributed by atoms with Gasteiger partial charge in [0.1, 0.15) is 0 Å². The molecule has 0 aromatic heterocycles. The molecular formula is C20H26N2O3S. The number of rotatable bonds is 8. The highest BCUT2D eigenvalue weighted by Gasteiger charge is 2.12. The molecule has 2 aromatic carbocycles. The summed E-state index contributed by atoms with van der Waals surface area (Å²) in [6.07, 6.45) is 2.11. The number of nitrogens with one attached hydrogen (secondary N) is 1. The first kappa shape index (κ1) is 20.0. The van der Waals surface area contributed by atoms with Crippen LogP contribution in [0, 0.1) is 0 Å². The Morgan fingerprint density at radius 1 is 0.962 bits per heavy atom. The van der Waals surface area contributed by atoms with Gasteiger partial charge in [-0.2, -0.15) is 0 Å². The molecule has 0 atom stereocenters.